The molecule has 2 aromatic carbocycles. The Balaban J connectivity index is 2.21. The molecular weight excluding hydrogens is 365 g/mol. The molecule has 0 atom stereocenters. The first-order valence-corrected chi connectivity index (χ1v) is 9.62. The number of allylic oxidation sites excluding steroid dienone is 1. The summed E-state index contributed by atoms with van der Waals surface area (Å²) in [7, 11) is 0. The van der Waals surface area contributed by atoms with Gasteiger partial charge in [0.1, 0.15) is 5.82 Å². The van der Waals surface area contributed by atoms with Crippen molar-refractivity contribution in [1.29, 1.82) is 0 Å². The van der Waals surface area contributed by atoms with E-state index in [1.54, 1.807) is 12.3 Å². The molecule has 3 rings (SSSR count). The Kier molecular flexibility index (Phi) is 6.09. The predicted molar refractivity (Wildman–Crippen MR) is 113 cm³/mol. The van der Waals surface area contributed by atoms with Gasteiger partial charge in [0.2, 0.25) is 0 Å². The summed E-state index contributed by atoms with van der Waals surface area (Å²) in [5.41, 5.74) is 3.56. The fraction of sp³-hybridized carbons (Fsp3) is 0.200. The zero-order valence-electron chi connectivity index (χ0n) is 16.6. The van der Waals surface area contributed by atoms with E-state index in [1.165, 1.54) is 18.2 Å². The van der Waals surface area contributed by atoms with Crippen LogP contribution in [0.3, 0.4) is 0 Å². The Morgan fingerprint density at radius 1 is 1.21 bits per heavy atom. The third-order valence-electron chi connectivity index (χ3n) is 4.77. The van der Waals surface area contributed by atoms with E-state index in [0.717, 1.165) is 35.6 Å². The van der Waals surface area contributed by atoms with Crippen LogP contribution in [0.1, 0.15) is 36.2 Å². The number of carbonyl (C=O) groups is 1. The van der Waals surface area contributed by atoms with Gasteiger partial charge in [0.05, 0.1) is 11.3 Å². The van der Waals surface area contributed by atoms with Crippen molar-refractivity contribution in [2.24, 2.45) is 0 Å². The van der Waals surface area contributed by atoms with Crippen LogP contribution >= 0.6 is 0 Å². The number of halogens is 1. The average molecular weight is 387 g/mol. The molecule has 3 nitrogen and oxygen atoms in total. The highest BCUT2D eigenvalue weighted by Gasteiger charge is 2.14. The summed E-state index contributed by atoms with van der Waals surface area (Å²) < 4.78 is 15.7. The van der Waals surface area contributed by atoms with Gasteiger partial charge in [-0.1, -0.05) is 44.7 Å². The van der Waals surface area contributed by atoms with E-state index in [-0.39, 0.29) is 16.8 Å². The van der Waals surface area contributed by atoms with Crippen LogP contribution in [-0.4, -0.2) is 10.4 Å². The molecule has 1 heterocycles. The second-order valence-electron chi connectivity index (χ2n) is 6.76. The lowest BCUT2D eigenvalue weighted by atomic mass is 9.96. The Hall–Kier alpha value is -3.45. The van der Waals surface area contributed by atoms with Crippen molar-refractivity contribution in [2.75, 3.05) is 0 Å². The van der Waals surface area contributed by atoms with E-state index in [0.29, 0.717) is 17.8 Å². The fourth-order valence-electron chi connectivity index (χ4n) is 3.34. The van der Waals surface area contributed by atoms with Crippen molar-refractivity contribution in [1.82, 2.24) is 4.57 Å². The summed E-state index contributed by atoms with van der Waals surface area (Å²) >= 11 is 0. The molecule has 0 aliphatic heterocycles. The van der Waals surface area contributed by atoms with Gasteiger partial charge in [-0.15, -0.1) is 0 Å². The summed E-state index contributed by atoms with van der Waals surface area (Å²) in [5.74, 6) is -0.710. The van der Waals surface area contributed by atoms with Gasteiger partial charge in [-0.05, 0) is 48.2 Å². The smallest absolute Gasteiger partial charge is 0.193 e. The first-order valence-electron chi connectivity index (χ1n) is 9.62. The first-order chi connectivity index (χ1) is 14.0. The Morgan fingerprint density at radius 2 is 2.00 bits per heavy atom. The van der Waals surface area contributed by atoms with Crippen molar-refractivity contribution in [3.05, 3.63) is 94.6 Å². The molecule has 1 aromatic heterocycles. The summed E-state index contributed by atoms with van der Waals surface area (Å²) in [6.07, 6.45) is 4.27. The number of aryl methyl sites for hydroxylation is 1. The van der Waals surface area contributed by atoms with Crippen molar-refractivity contribution in [3.63, 3.8) is 0 Å². The molecule has 0 saturated carbocycles. The topological polar surface area (TPSA) is 39.1 Å². The van der Waals surface area contributed by atoms with Crippen LogP contribution in [0.4, 0.5) is 4.39 Å². The van der Waals surface area contributed by atoms with Crippen LogP contribution in [0.2, 0.25) is 0 Å². The van der Waals surface area contributed by atoms with Crippen LogP contribution in [0.15, 0.2) is 60.0 Å². The zero-order valence-corrected chi connectivity index (χ0v) is 16.6. The standard InChI is InChI=1S/C25H22FNO2/c1-4-12-27-16-22(24(28)6-3)25(29)15-23(27)19-11-10-17(5-2)21(14-19)18-8-7-9-20(26)13-18/h6-9,13-16H,3-5,12H2,1-2H3. The van der Waals surface area contributed by atoms with Gasteiger partial charge in [-0.25, -0.2) is 4.39 Å². The molecule has 0 amide bonds. The number of rotatable bonds is 7. The Labute approximate surface area is 170 Å². The quantitative estimate of drug-likeness (QED) is 0.410. The largest absolute Gasteiger partial charge is 0.346 e. The van der Waals surface area contributed by atoms with E-state index >= 15 is 0 Å². The number of benzene rings is 1. The van der Waals surface area contributed by atoms with Gasteiger partial charge in [-0.2, -0.15) is 0 Å². The van der Waals surface area contributed by atoms with Gasteiger partial charge in [0.25, 0.3) is 0 Å². The number of carbonyl (C=O) groups excluding carboxylic acids is 1. The predicted octanol–water partition coefficient (Wildman–Crippen LogP) is 5.26. The minimum atomic E-state index is -0.399. The Bertz CT molecular complexity index is 1130. The van der Waals surface area contributed by atoms with Crippen molar-refractivity contribution >= 4 is 5.78 Å². The minimum absolute atomic E-state index is 0.0942. The lowest BCUT2D eigenvalue weighted by Crippen LogP contribution is -2.18. The number of aromatic nitrogens is 1. The van der Waals surface area contributed by atoms with Gasteiger partial charge in [0, 0.05) is 29.9 Å². The average Bonchev–Trinajstić information content (AvgIpc) is 2.73. The van der Waals surface area contributed by atoms with Gasteiger partial charge in [0.15, 0.2) is 11.2 Å². The second kappa shape index (κ2) is 8.70. The molecule has 0 saturated heterocycles. The normalized spacial score (nSPS) is 10.4. The van der Waals surface area contributed by atoms with E-state index < -0.39 is 5.78 Å². The third-order valence-corrected chi connectivity index (χ3v) is 4.77. The highest BCUT2D eigenvalue weighted by atomic mass is 19.1. The van der Waals surface area contributed by atoms with Crippen LogP contribution in [0, 0.1) is 17.9 Å². The molecule has 0 bridgehead atoms. The van der Waals surface area contributed by atoms with Crippen LogP contribution in [0.25, 0.3) is 22.4 Å². The molecule has 29 heavy (non-hydrogen) atoms. The van der Waals surface area contributed by atoms with E-state index in [1.807, 2.05) is 30.5 Å². The van der Waals surface area contributed by atoms with Gasteiger partial charge in [-0.3, -0.25) is 9.59 Å². The van der Waals surface area contributed by atoms with E-state index in [4.69, 9.17) is 0 Å². The summed E-state index contributed by atoms with van der Waals surface area (Å²) in [6.45, 7) is 8.12. The fourth-order valence-corrected chi connectivity index (χ4v) is 3.34. The SMILES string of the molecule is C=CC(=O)c1cn(CCC)c(-c2c#cc(CC)c(-c3cccc(F)c3)c2)cc1=O. The van der Waals surface area contributed by atoms with Crippen LogP contribution in [-0.2, 0) is 13.0 Å². The maximum absolute atomic E-state index is 13.8. The maximum atomic E-state index is 13.8. The summed E-state index contributed by atoms with van der Waals surface area (Å²) in [6, 6.07) is 16.1. The molecule has 0 N–H and O–H groups in total. The number of ketones is 1. The highest BCUT2D eigenvalue weighted by molar-refractivity contribution is 6.04. The maximum Gasteiger partial charge on any atom is 0.193 e. The van der Waals surface area contributed by atoms with Crippen LogP contribution in [0.5, 0.6) is 0 Å². The molecule has 0 unspecified atom stereocenters. The molecule has 0 radical (unpaired) electrons. The molecule has 0 aliphatic rings. The van der Waals surface area contributed by atoms with Gasteiger partial charge < -0.3 is 4.57 Å². The number of nitrogens with zero attached hydrogens (tertiary/aromatic N) is 1. The molecular formula is C25H22FNO2. The monoisotopic (exact) mass is 387 g/mol. The molecule has 3 aromatic rings. The van der Waals surface area contributed by atoms with E-state index in [9.17, 15) is 14.0 Å². The summed E-state index contributed by atoms with van der Waals surface area (Å²) in [5, 5.41) is 0. The summed E-state index contributed by atoms with van der Waals surface area (Å²) in [4.78, 5) is 24.5. The highest BCUT2D eigenvalue weighted by Crippen LogP contribution is 2.28. The van der Waals surface area contributed by atoms with Crippen molar-refractivity contribution in [2.45, 2.75) is 33.2 Å². The lowest BCUT2D eigenvalue weighted by molar-refractivity contribution is 0.104. The molecule has 146 valence electrons. The first kappa shape index (κ1) is 20.3. The van der Waals surface area contributed by atoms with Crippen molar-refractivity contribution in [3.8, 4) is 22.4 Å². The molecule has 0 fully saturated rings. The van der Waals surface area contributed by atoms with E-state index in [2.05, 4.69) is 18.7 Å². The van der Waals surface area contributed by atoms with Crippen LogP contribution < -0.4 is 5.43 Å². The minimum Gasteiger partial charge on any atom is -0.346 e. The lowest BCUT2D eigenvalue weighted by Gasteiger charge is -2.14. The van der Waals surface area contributed by atoms with Crippen molar-refractivity contribution < 1.29 is 9.18 Å². The Morgan fingerprint density at radius 3 is 2.66 bits per heavy atom. The third kappa shape index (κ3) is 4.20. The second-order valence-corrected chi connectivity index (χ2v) is 6.76. The molecule has 4 heteroatoms. The zero-order chi connectivity index (χ0) is 21.0. The number of pyridine rings is 1. The number of hydrogen-bond donors (Lipinski definition) is 0. The van der Waals surface area contributed by atoms with Gasteiger partial charge >= 0.3 is 0 Å². The molecule has 0 aliphatic carbocycles. The molecule has 0 spiro atoms. The number of hydrogen-bond acceptors (Lipinski definition) is 2.